The monoisotopic (exact) mass is 335 g/mol. The van der Waals surface area contributed by atoms with Crippen LogP contribution in [0.1, 0.15) is 25.3 Å². The number of amides is 1. The van der Waals surface area contributed by atoms with Gasteiger partial charge in [-0.05, 0) is 37.5 Å². The van der Waals surface area contributed by atoms with Crippen LogP contribution in [0.2, 0.25) is 0 Å². The summed E-state index contributed by atoms with van der Waals surface area (Å²) in [5.74, 6) is 0.824. The minimum absolute atomic E-state index is 0.0104. The van der Waals surface area contributed by atoms with Crippen molar-refractivity contribution in [2.75, 3.05) is 33.9 Å². The molecule has 1 aliphatic heterocycles. The van der Waals surface area contributed by atoms with Crippen molar-refractivity contribution in [3.8, 4) is 11.5 Å². The van der Waals surface area contributed by atoms with Crippen molar-refractivity contribution < 1.29 is 23.8 Å². The number of hydrogen-bond donors (Lipinski definition) is 0. The van der Waals surface area contributed by atoms with Crippen molar-refractivity contribution in [2.45, 2.75) is 26.2 Å². The van der Waals surface area contributed by atoms with Crippen LogP contribution >= 0.6 is 0 Å². The predicted molar refractivity (Wildman–Crippen MR) is 89.2 cm³/mol. The minimum Gasteiger partial charge on any atom is -0.493 e. The molecule has 0 saturated carbocycles. The zero-order valence-electron chi connectivity index (χ0n) is 14.5. The quantitative estimate of drug-likeness (QED) is 0.745. The smallest absolute Gasteiger partial charge is 0.310 e. The van der Waals surface area contributed by atoms with Crippen LogP contribution in [0.3, 0.4) is 0 Å². The number of benzene rings is 1. The third-order valence-corrected chi connectivity index (χ3v) is 4.20. The molecule has 1 saturated heterocycles. The van der Waals surface area contributed by atoms with E-state index in [1.807, 2.05) is 12.1 Å². The highest BCUT2D eigenvalue weighted by molar-refractivity contribution is 5.80. The molecule has 1 aliphatic rings. The lowest BCUT2D eigenvalue weighted by Gasteiger charge is -2.31. The Morgan fingerprint density at radius 2 is 1.96 bits per heavy atom. The Morgan fingerprint density at radius 1 is 1.21 bits per heavy atom. The molecular weight excluding hydrogens is 310 g/mol. The topological polar surface area (TPSA) is 65.1 Å². The first-order valence-electron chi connectivity index (χ1n) is 8.24. The number of esters is 1. The van der Waals surface area contributed by atoms with E-state index >= 15 is 0 Å². The minimum atomic E-state index is -0.215. The van der Waals surface area contributed by atoms with Crippen LogP contribution in [0.4, 0.5) is 0 Å². The maximum Gasteiger partial charge on any atom is 0.310 e. The van der Waals surface area contributed by atoms with E-state index in [0.717, 1.165) is 18.4 Å². The molecule has 24 heavy (non-hydrogen) atoms. The van der Waals surface area contributed by atoms with Gasteiger partial charge < -0.3 is 19.1 Å². The molecule has 6 heteroatoms. The second kappa shape index (κ2) is 8.57. The fraction of sp³-hybridized carbons (Fsp3) is 0.556. The maximum atomic E-state index is 12.5. The summed E-state index contributed by atoms with van der Waals surface area (Å²) >= 11 is 0. The number of nitrogens with zero attached hydrogens (tertiary/aromatic N) is 1. The Hall–Kier alpha value is -2.24. The number of likely N-dealkylation sites (tertiary alicyclic amines) is 1. The lowest BCUT2D eigenvalue weighted by atomic mass is 9.97. The van der Waals surface area contributed by atoms with E-state index in [9.17, 15) is 9.59 Å². The number of piperidine rings is 1. The molecule has 1 amide bonds. The lowest BCUT2D eigenvalue weighted by molar-refractivity contribution is -0.151. The summed E-state index contributed by atoms with van der Waals surface area (Å²) in [5.41, 5.74) is 0.857. The molecule has 0 aliphatic carbocycles. The number of ether oxygens (including phenoxy) is 3. The molecule has 2 rings (SSSR count). The summed E-state index contributed by atoms with van der Waals surface area (Å²) in [6.07, 6.45) is 1.87. The Morgan fingerprint density at radius 3 is 2.62 bits per heavy atom. The van der Waals surface area contributed by atoms with Crippen LogP contribution in [0.25, 0.3) is 0 Å². The number of carbonyl (C=O) groups excluding carboxylic acids is 2. The molecule has 1 heterocycles. The largest absolute Gasteiger partial charge is 0.493 e. The molecule has 132 valence electrons. The van der Waals surface area contributed by atoms with E-state index < -0.39 is 0 Å². The first-order chi connectivity index (χ1) is 11.6. The van der Waals surface area contributed by atoms with Crippen molar-refractivity contribution in [1.29, 1.82) is 0 Å². The van der Waals surface area contributed by atoms with Gasteiger partial charge >= 0.3 is 5.97 Å². The molecule has 1 aromatic rings. The third kappa shape index (κ3) is 4.40. The summed E-state index contributed by atoms with van der Waals surface area (Å²) in [6, 6.07) is 5.45. The first kappa shape index (κ1) is 18.1. The molecule has 1 atom stereocenters. The molecule has 0 N–H and O–H groups in total. The molecule has 0 aromatic heterocycles. The van der Waals surface area contributed by atoms with Gasteiger partial charge in [0.2, 0.25) is 5.91 Å². The number of methoxy groups -OCH3 is 2. The van der Waals surface area contributed by atoms with Gasteiger partial charge in [-0.1, -0.05) is 6.07 Å². The number of carbonyl (C=O) groups is 2. The predicted octanol–water partition coefficient (Wildman–Crippen LogP) is 2.05. The van der Waals surface area contributed by atoms with Gasteiger partial charge in [0.15, 0.2) is 11.5 Å². The van der Waals surface area contributed by atoms with Gasteiger partial charge in [0.1, 0.15) is 0 Å². The zero-order chi connectivity index (χ0) is 17.5. The number of rotatable bonds is 6. The van der Waals surface area contributed by atoms with Crippen molar-refractivity contribution in [3.63, 3.8) is 0 Å². The van der Waals surface area contributed by atoms with Gasteiger partial charge in [0.05, 0.1) is 33.2 Å². The van der Waals surface area contributed by atoms with E-state index in [0.29, 0.717) is 31.2 Å². The van der Waals surface area contributed by atoms with E-state index in [1.165, 1.54) is 0 Å². The highest BCUT2D eigenvalue weighted by Crippen LogP contribution is 2.28. The van der Waals surface area contributed by atoms with Crippen molar-refractivity contribution in [1.82, 2.24) is 4.90 Å². The normalized spacial score (nSPS) is 17.3. The fourth-order valence-electron chi connectivity index (χ4n) is 2.93. The van der Waals surface area contributed by atoms with Crippen LogP contribution in [-0.4, -0.2) is 50.7 Å². The van der Waals surface area contributed by atoms with Crippen molar-refractivity contribution in [3.05, 3.63) is 23.8 Å². The van der Waals surface area contributed by atoms with Crippen LogP contribution in [0.15, 0.2) is 18.2 Å². The molecule has 6 nitrogen and oxygen atoms in total. The van der Waals surface area contributed by atoms with Gasteiger partial charge in [-0.3, -0.25) is 9.59 Å². The van der Waals surface area contributed by atoms with Crippen molar-refractivity contribution >= 4 is 11.9 Å². The molecule has 0 radical (unpaired) electrons. The van der Waals surface area contributed by atoms with Gasteiger partial charge in [0, 0.05) is 13.1 Å². The molecule has 1 fully saturated rings. The summed E-state index contributed by atoms with van der Waals surface area (Å²) < 4.78 is 15.5. The van der Waals surface area contributed by atoms with Gasteiger partial charge in [-0.15, -0.1) is 0 Å². The standard InChI is InChI=1S/C18H25NO5/c1-4-24-18(21)14-6-5-9-19(12-14)17(20)11-13-7-8-15(22-2)16(10-13)23-3/h7-8,10,14H,4-6,9,11-12H2,1-3H3/t14-/m1/s1. The van der Waals surface area contributed by atoms with E-state index in [2.05, 4.69) is 0 Å². The molecule has 0 bridgehead atoms. The number of hydrogen-bond acceptors (Lipinski definition) is 5. The second-order valence-corrected chi connectivity index (χ2v) is 5.80. The van der Waals surface area contributed by atoms with Crippen LogP contribution in [0, 0.1) is 5.92 Å². The summed E-state index contributed by atoms with van der Waals surface area (Å²) in [5, 5.41) is 0. The van der Waals surface area contributed by atoms with Crippen LogP contribution in [0.5, 0.6) is 11.5 Å². The van der Waals surface area contributed by atoms with Crippen LogP contribution in [-0.2, 0) is 20.7 Å². The Labute approximate surface area is 142 Å². The van der Waals surface area contributed by atoms with Crippen LogP contribution < -0.4 is 9.47 Å². The zero-order valence-corrected chi connectivity index (χ0v) is 14.5. The van der Waals surface area contributed by atoms with Gasteiger partial charge in [0.25, 0.3) is 0 Å². The average molecular weight is 335 g/mol. The Bertz CT molecular complexity index is 587. The summed E-state index contributed by atoms with van der Waals surface area (Å²) in [6.45, 7) is 3.28. The summed E-state index contributed by atoms with van der Waals surface area (Å²) in [4.78, 5) is 26.2. The Kier molecular flexibility index (Phi) is 6.46. The SMILES string of the molecule is CCOC(=O)[C@@H]1CCCN(C(=O)Cc2ccc(OC)c(OC)c2)C1. The molecular formula is C18H25NO5. The van der Waals surface area contributed by atoms with E-state index in [-0.39, 0.29) is 24.2 Å². The van der Waals surface area contributed by atoms with Gasteiger partial charge in [-0.2, -0.15) is 0 Å². The molecule has 1 aromatic carbocycles. The second-order valence-electron chi connectivity index (χ2n) is 5.80. The average Bonchev–Trinajstić information content (AvgIpc) is 2.61. The molecule has 0 spiro atoms. The Balaban J connectivity index is 2.00. The maximum absolute atomic E-state index is 12.5. The van der Waals surface area contributed by atoms with E-state index in [4.69, 9.17) is 14.2 Å². The summed E-state index contributed by atoms with van der Waals surface area (Å²) in [7, 11) is 3.14. The fourth-order valence-corrected chi connectivity index (χ4v) is 2.93. The van der Waals surface area contributed by atoms with Gasteiger partial charge in [-0.25, -0.2) is 0 Å². The lowest BCUT2D eigenvalue weighted by Crippen LogP contribution is -2.43. The highest BCUT2D eigenvalue weighted by Gasteiger charge is 2.29. The van der Waals surface area contributed by atoms with Crippen molar-refractivity contribution in [2.24, 2.45) is 5.92 Å². The highest BCUT2D eigenvalue weighted by atomic mass is 16.5. The third-order valence-electron chi connectivity index (χ3n) is 4.20. The molecule has 0 unspecified atom stereocenters. The first-order valence-corrected chi connectivity index (χ1v) is 8.24. The van der Waals surface area contributed by atoms with E-state index in [1.54, 1.807) is 32.1 Å².